The number of anilines is 1. The largest absolute Gasteiger partial charge is 0.378 e. The van der Waals surface area contributed by atoms with Crippen molar-refractivity contribution in [3.63, 3.8) is 0 Å². The van der Waals surface area contributed by atoms with E-state index in [1.54, 1.807) is 11.1 Å². The summed E-state index contributed by atoms with van der Waals surface area (Å²) in [6.45, 7) is 2.30. The van der Waals surface area contributed by atoms with E-state index in [-0.39, 0.29) is 35.7 Å². The number of morpholine rings is 1. The first kappa shape index (κ1) is 21.2. The van der Waals surface area contributed by atoms with Gasteiger partial charge in [-0.25, -0.2) is 28.5 Å². The lowest BCUT2D eigenvalue weighted by Crippen LogP contribution is -2.52. The van der Waals surface area contributed by atoms with Gasteiger partial charge in [-0.05, 0) is 37.2 Å². The fourth-order valence-corrected chi connectivity index (χ4v) is 5.64. The molecule has 1 aliphatic heterocycles. The average molecular weight is 469 g/mol. The molecule has 4 heterocycles. The molecule has 11 heteroatoms. The number of aromatic nitrogens is 4. The van der Waals surface area contributed by atoms with Crippen LogP contribution in [-0.4, -0.2) is 69.3 Å². The summed E-state index contributed by atoms with van der Waals surface area (Å²) in [5, 5.41) is 6.99. The van der Waals surface area contributed by atoms with Crippen LogP contribution >= 0.6 is 0 Å². The number of hydrogen-bond acceptors (Lipinski definition) is 6. The Balaban J connectivity index is 1.19. The lowest BCUT2D eigenvalue weighted by Gasteiger charge is -2.34. The highest BCUT2D eigenvalue weighted by Crippen LogP contribution is 2.46. The average Bonchev–Trinajstić information content (AvgIpc) is 3.55. The van der Waals surface area contributed by atoms with E-state index in [9.17, 15) is 13.6 Å². The normalized spacial score (nSPS) is 26.2. The molecule has 0 aromatic carbocycles. The van der Waals surface area contributed by atoms with E-state index >= 15 is 0 Å². The summed E-state index contributed by atoms with van der Waals surface area (Å²) < 4.78 is 33.7. The van der Waals surface area contributed by atoms with Gasteiger partial charge < -0.3 is 25.3 Å². The zero-order chi connectivity index (χ0) is 23.2. The van der Waals surface area contributed by atoms with Gasteiger partial charge in [0.15, 0.2) is 17.5 Å². The van der Waals surface area contributed by atoms with Crippen molar-refractivity contribution in [2.75, 3.05) is 31.6 Å². The number of halogens is 2. The molecule has 6 rings (SSSR count). The van der Waals surface area contributed by atoms with Crippen molar-refractivity contribution in [1.29, 1.82) is 0 Å². The first-order chi connectivity index (χ1) is 16.5. The van der Waals surface area contributed by atoms with Crippen LogP contribution in [0.3, 0.4) is 0 Å². The van der Waals surface area contributed by atoms with Crippen molar-refractivity contribution in [3.8, 4) is 11.4 Å². The number of urea groups is 1. The number of fused-ring (bicyclic) bond motifs is 3. The first-order valence-corrected chi connectivity index (χ1v) is 11.6. The summed E-state index contributed by atoms with van der Waals surface area (Å²) in [5.41, 5.74) is 1.06. The first-order valence-electron chi connectivity index (χ1n) is 11.6. The molecule has 3 aromatic heterocycles. The minimum atomic E-state index is -0.551. The molecule has 3 aromatic rings. The van der Waals surface area contributed by atoms with Crippen molar-refractivity contribution in [2.24, 2.45) is 11.8 Å². The van der Waals surface area contributed by atoms with Gasteiger partial charge in [-0.2, -0.15) is 0 Å². The summed E-state index contributed by atoms with van der Waals surface area (Å²) in [5.74, 6) is 0.0386. The molecule has 2 aliphatic carbocycles. The van der Waals surface area contributed by atoms with Crippen LogP contribution in [0.5, 0.6) is 0 Å². The van der Waals surface area contributed by atoms with Crippen LogP contribution in [0.1, 0.15) is 19.3 Å². The number of carbonyl (C=O) groups is 1. The SMILES string of the molecule is O=C(NC1CC2CC(Nc3nc(-c4c[nH]c5ncc(F)cc45)ncc3F)C1C2)N1CCOCC1. The van der Waals surface area contributed by atoms with Gasteiger partial charge in [-0.15, -0.1) is 0 Å². The predicted octanol–water partition coefficient (Wildman–Crippen LogP) is 2.92. The Hall–Kier alpha value is -3.34. The molecule has 4 unspecified atom stereocenters. The Morgan fingerprint density at radius 1 is 1.12 bits per heavy atom. The van der Waals surface area contributed by atoms with E-state index < -0.39 is 11.6 Å². The number of rotatable bonds is 4. The number of carbonyl (C=O) groups excluding carboxylic acids is 1. The molecule has 0 spiro atoms. The number of pyridine rings is 1. The monoisotopic (exact) mass is 469 g/mol. The highest BCUT2D eigenvalue weighted by molar-refractivity contribution is 5.91. The summed E-state index contributed by atoms with van der Waals surface area (Å²) in [6.07, 6.45) is 6.72. The van der Waals surface area contributed by atoms with Crippen LogP contribution in [0, 0.1) is 23.5 Å². The lowest BCUT2D eigenvalue weighted by atomic mass is 9.90. The molecule has 4 atom stereocenters. The van der Waals surface area contributed by atoms with Gasteiger partial charge in [0, 0.05) is 42.3 Å². The van der Waals surface area contributed by atoms with E-state index in [1.165, 1.54) is 6.07 Å². The van der Waals surface area contributed by atoms with Gasteiger partial charge in [0.1, 0.15) is 11.5 Å². The summed E-state index contributed by atoms with van der Waals surface area (Å²) in [7, 11) is 0. The number of nitrogens with one attached hydrogen (secondary N) is 3. The van der Waals surface area contributed by atoms with Gasteiger partial charge >= 0.3 is 6.03 Å². The molecule has 3 aliphatic rings. The molecule has 1 saturated heterocycles. The zero-order valence-electron chi connectivity index (χ0n) is 18.4. The third kappa shape index (κ3) is 3.83. The van der Waals surface area contributed by atoms with E-state index in [4.69, 9.17) is 4.74 Å². The summed E-state index contributed by atoms with van der Waals surface area (Å²) >= 11 is 0. The van der Waals surface area contributed by atoms with E-state index in [2.05, 4.69) is 30.6 Å². The van der Waals surface area contributed by atoms with Gasteiger partial charge in [0.25, 0.3) is 0 Å². The molecule has 2 bridgehead atoms. The van der Waals surface area contributed by atoms with Crippen LogP contribution in [0.2, 0.25) is 0 Å². The minimum Gasteiger partial charge on any atom is -0.378 e. The van der Waals surface area contributed by atoms with Crippen molar-refractivity contribution in [2.45, 2.75) is 31.3 Å². The van der Waals surface area contributed by atoms with Crippen molar-refractivity contribution in [1.82, 2.24) is 30.2 Å². The maximum Gasteiger partial charge on any atom is 0.317 e. The molecule has 2 saturated carbocycles. The molecule has 3 N–H and O–H groups in total. The Morgan fingerprint density at radius 2 is 1.94 bits per heavy atom. The number of amides is 2. The standard InChI is InChI=1S/C23H25F2N7O2/c24-13-8-14-16(10-27-20(14)26-9-13)21-28-11-17(25)22(31-21)29-18-6-12-5-15(18)19(7-12)30-23(33)32-1-3-34-4-2-32/h8-12,15,18-19H,1-7H2,(H,26,27)(H,30,33)(H,28,29,31). The van der Waals surface area contributed by atoms with Crippen LogP contribution in [0.25, 0.3) is 22.4 Å². The fraction of sp³-hybridized carbons (Fsp3) is 0.478. The molecule has 0 radical (unpaired) electrons. The Bertz CT molecular complexity index is 1230. The maximum atomic E-state index is 14.7. The molecule has 34 heavy (non-hydrogen) atoms. The van der Waals surface area contributed by atoms with E-state index in [0.717, 1.165) is 31.7 Å². The molecule has 3 fully saturated rings. The van der Waals surface area contributed by atoms with Crippen LogP contribution < -0.4 is 10.6 Å². The number of ether oxygens (including phenoxy) is 1. The zero-order valence-corrected chi connectivity index (χ0v) is 18.4. The summed E-state index contributed by atoms with van der Waals surface area (Å²) in [6, 6.07) is 1.33. The second kappa shape index (κ2) is 8.46. The molecular formula is C23H25F2N7O2. The third-order valence-electron chi connectivity index (χ3n) is 7.23. The fourth-order valence-electron chi connectivity index (χ4n) is 5.64. The lowest BCUT2D eigenvalue weighted by molar-refractivity contribution is 0.0519. The molecule has 2 amide bonds. The van der Waals surface area contributed by atoms with Crippen molar-refractivity contribution in [3.05, 3.63) is 36.3 Å². The maximum absolute atomic E-state index is 14.7. The highest BCUT2D eigenvalue weighted by Gasteiger charge is 2.47. The number of H-pyrrole nitrogens is 1. The minimum absolute atomic E-state index is 0.00642. The van der Waals surface area contributed by atoms with Crippen molar-refractivity contribution >= 4 is 22.9 Å². The predicted molar refractivity (Wildman–Crippen MR) is 120 cm³/mol. The third-order valence-corrected chi connectivity index (χ3v) is 7.23. The Labute approximate surface area is 194 Å². The summed E-state index contributed by atoms with van der Waals surface area (Å²) in [4.78, 5) is 30.0. The van der Waals surface area contributed by atoms with Gasteiger partial charge in [-0.3, -0.25) is 0 Å². The number of nitrogens with zero attached hydrogens (tertiary/aromatic N) is 4. The number of hydrogen-bond donors (Lipinski definition) is 3. The number of aromatic amines is 1. The van der Waals surface area contributed by atoms with Crippen LogP contribution in [0.15, 0.2) is 24.7 Å². The second-order valence-electron chi connectivity index (χ2n) is 9.29. The Kier molecular flexibility index (Phi) is 5.28. The molecular weight excluding hydrogens is 444 g/mol. The second-order valence-corrected chi connectivity index (χ2v) is 9.29. The smallest absolute Gasteiger partial charge is 0.317 e. The van der Waals surface area contributed by atoms with Crippen LogP contribution in [-0.2, 0) is 4.74 Å². The van der Waals surface area contributed by atoms with Crippen molar-refractivity contribution < 1.29 is 18.3 Å². The Morgan fingerprint density at radius 3 is 2.76 bits per heavy atom. The van der Waals surface area contributed by atoms with Gasteiger partial charge in [-0.1, -0.05) is 0 Å². The highest BCUT2D eigenvalue weighted by atomic mass is 19.1. The van der Waals surface area contributed by atoms with Gasteiger partial charge in [0.2, 0.25) is 0 Å². The van der Waals surface area contributed by atoms with Gasteiger partial charge in [0.05, 0.1) is 25.6 Å². The topological polar surface area (TPSA) is 108 Å². The quantitative estimate of drug-likeness (QED) is 0.542. The van der Waals surface area contributed by atoms with E-state index in [1.807, 2.05) is 0 Å². The van der Waals surface area contributed by atoms with E-state index in [0.29, 0.717) is 48.8 Å². The molecule has 178 valence electrons. The molecule has 9 nitrogen and oxygen atoms in total. The van der Waals surface area contributed by atoms with Crippen LogP contribution in [0.4, 0.5) is 19.4 Å².